The summed E-state index contributed by atoms with van der Waals surface area (Å²) in [6, 6.07) is 3.83. The molecule has 0 spiro atoms. The Morgan fingerprint density at radius 2 is 1.81 bits per heavy atom. The van der Waals surface area contributed by atoms with E-state index >= 15 is 0 Å². The molecule has 2 unspecified atom stereocenters. The van der Waals surface area contributed by atoms with Gasteiger partial charge in [-0.05, 0) is 43.5 Å². The minimum atomic E-state index is -1.16. The van der Waals surface area contributed by atoms with E-state index in [4.69, 9.17) is 5.11 Å². The number of hydrogen-bond donors (Lipinski definition) is 3. The number of hydrogen-bond acceptors (Lipinski definition) is 3. The van der Waals surface area contributed by atoms with Crippen LogP contribution in [0.3, 0.4) is 0 Å². The predicted octanol–water partition coefficient (Wildman–Crippen LogP) is 2.05. The minimum Gasteiger partial charge on any atom is -0.480 e. The number of carbonyl (C=O) groups is 3. The van der Waals surface area contributed by atoms with Crippen LogP contribution in [0.25, 0.3) is 10.9 Å². The summed E-state index contributed by atoms with van der Waals surface area (Å²) in [6.07, 6.45) is 0.350. The topological polar surface area (TPSA) is 100 Å². The van der Waals surface area contributed by atoms with Gasteiger partial charge >= 0.3 is 5.97 Å². The third-order valence-corrected chi connectivity index (χ3v) is 4.30. The van der Waals surface area contributed by atoms with E-state index in [1.165, 1.54) is 19.1 Å². The van der Waals surface area contributed by atoms with Crippen molar-refractivity contribution < 1.29 is 23.9 Å². The molecule has 0 aliphatic rings. The summed E-state index contributed by atoms with van der Waals surface area (Å²) >= 11 is 0. The fourth-order valence-electron chi connectivity index (χ4n) is 2.85. The highest BCUT2D eigenvalue weighted by Gasteiger charge is 2.26. The highest BCUT2D eigenvalue weighted by Crippen LogP contribution is 2.20. The molecule has 0 saturated carbocycles. The van der Waals surface area contributed by atoms with Crippen LogP contribution in [0.5, 0.6) is 0 Å². The van der Waals surface area contributed by atoms with Gasteiger partial charge in [-0.3, -0.25) is 14.4 Å². The number of amides is 2. The Kier molecular flexibility index (Phi) is 6.20. The second kappa shape index (κ2) is 8.20. The van der Waals surface area contributed by atoms with Gasteiger partial charge in [-0.1, -0.05) is 13.8 Å². The molecule has 2 aromatic rings. The SMILES string of the molecule is CC(C)CC(NC(=O)c1cc2cc(F)ccc2n1C)C(=O)NC(C)C(=O)O. The number of rotatable bonds is 7. The van der Waals surface area contributed by atoms with E-state index in [0.29, 0.717) is 17.3 Å². The van der Waals surface area contributed by atoms with Crippen LogP contribution in [0, 0.1) is 11.7 Å². The van der Waals surface area contributed by atoms with Gasteiger partial charge < -0.3 is 20.3 Å². The Bertz CT molecular complexity index is 875. The lowest BCUT2D eigenvalue weighted by molar-refractivity contribution is -0.141. The Labute approximate surface area is 156 Å². The van der Waals surface area contributed by atoms with Gasteiger partial charge in [0.25, 0.3) is 5.91 Å². The molecule has 1 aromatic carbocycles. The maximum absolute atomic E-state index is 13.4. The zero-order chi connectivity index (χ0) is 20.3. The van der Waals surface area contributed by atoms with E-state index in [0.717, 1.165) is 0 Å². The Morgan fingerprint density at radius 3 is 2.41 bits per heavy atom. The first-order chi connectivity index (χ1) is 12.6. The van der Waals surface area contributed by atoms with Crippen LogP contribution in [-0.2, 0) is 16.6 Å². The molecule has 2 atom stereocenters. The Morgan fingerprint density at radius 1 is 1.15 bits per heavy atom. The molecule has 0 bridgehead atoms. The lowest BCUT2D eigenvalue weighted by atomic mass is 10.0. The molecule has 27 heavy (non-hydrogen) atoms. The first-order valence-corrected chi connectivity index (χ1v) is 8.69. The van der Waals surface area contributed by atoms with Crippen molar-refractivity contribution in [3.8, 4) is 0 Å². The van der Waals surface area contributed by atoms with Crippen molar-refractivity contribution in [3.63, 3.8) is 0 Å². The lowest BCUT2D eigenvalue weighted by Gasteiger charge is -2.21. The van der Waals surface area contributed by atoms with Gasteiger partial charge in [0.1, 0.15) is 23.6 Å². The molecule has 0 saturated heterocycles. The van der Waals surface area contributed by atoms with Crippen molar-refractivity contribution >= 4 is 28.7 Å². The fourth-order valence-corrected chi connectivity index (χ4v) is 2.85. The standard InChI is InChI=1S/C19H24FN3O4/c1-10(2)7-14(17(24)21-11(3)19(26)27)22-18(25)16-9-12-8-13(20)5-6-15(12)23(16)4/h5-6,8-11,14H,7H2,1-4H3,(H,21,24)(H,22,25)(H,26,27). The summed E-state index contributed by atoms with van der Waals surface area (Å²) in [5.41, 5.74) is 0.967. The number of aliphatic carboxylic acids is 1. The van der Waals surface area contributed by atoms with Gasteiger partial charge in [-0.2, -0.15) is 0 Å². The van der Waals surface area contributed by atoms with Crippen molar-refractivity contribution in [1.29, 1.82) is 0 Å². The van der Waals surface area contributed by atoms with E-state index < -0.39 is 35.7 Å². The van der Waals surface area contributed by atoms with Gasteiger partial charge in [-0.25, -0.2) is 4.39 Å². The number of carboxylic acids is 1. The molecule has 0 fully saturated rings. The zero-order valence-corrected chi connectivity index (χ0v) is 15.7. The fraction of sp³-hybridized carbons (Fsp3) is 0.421. The third-order valence-electron chi connectivity index (χ3n) is 4.30. The van der Waals surface area contributed by atoms with Crippen LogP contribution in [0.1, 0.15) is 37.7 Å². The van der Waals surface area contributed by atoms with Crippen LogP contribution in [-0.4, -0.2) is 39.5 Å². The largest absolute Gasteiger partial charge is 0.480 e. The molecule has 146 valence electrons. The summed E-state index contributed by atoms with van der Waals surface area (Å²) in [5, 5.41) is 14.6. The van der Waals surface area contributed by atoms with Gasteiger partial charge in [0, 0.05) is 18.0 Å². The molecule has 1 heterocycles. The summed E-state index contributed by atoms with van der Waals surface area (Å²) in [5.74, 6) is -2.51. The third kappa shape index (κ3) is 4.84. The normalized spacial score (nSPS) is 13.4. The van der Waals surface area contributed by atoms with E-state index in [9.17, 15) is 18.8 Å². The number of nitrogens with one attached hydrogen (secondary N) is 2. The van der Waals surface area contributed by atoms with Crippen molar-refractivity contribution in [3.05, 3.63) is 35.8 Å². The molecule has 0 aliphatic heterocycles. The maximum Gasteiger partial charge on any atom is 0.325 e. The Hall–Kier alpha value is -2.90. The molecular weight excluding hydrogens is 353 g/mol. The smallest absolute Gasteiger partial charge is 0.325 e. The highest BCUT2D eigenvalue weighted by atomic mass is 19.1. The number of nitrogens with zero attached hydrogens (tertiary/aromatic N) is 1. The monoisotopic (exact) mass is 377 g/mol. The van der Waals surface area contributed by atoms with Crippen LogP contribution in [0.2, 0.25) is 0 Å². The van der Waals surface area contributed by atoms with E-state index in [-0.39, 0.29) is 11.6 Å². The quantitative estimate of drug-likeness (QED) is 0.687. The first kappa shape index (κ1) is 20.4. The number of fused-ring (bicyclic) bond motifs is 1. The van der Waals surface area contributed by atoms with E-state index in [1.807, 2.05) is 13.8 Å². The Balaban J connectivity index is 2.24. The van der Waals surface area contributed by atoms with Crippen molar-refractivity contribution in [2.24, 2.45) is 13.0 Å². The van der Waals surface area contributed by atoms with Gasteiger partial charge in [0.2, 0.25) is 5.91 Å². The summed E-state index contributed by atoms with van der Waals surface area (Å²) < 4.78 is 15.0. The first-order valence-electron chi connectivity index (χ1n) is 8.69. The number of benzene rings is 1. The van der Waals surface area contributed by atoms with Gasteiger partial charge in [0.15, 0.2) is 0 Å². The highest BCUT2D eigenvalue weighted by molar-refractivity contribution is 6.01. The second-order valence-electron chi connectivity index (χ2n) is 7.02. The summed E-state index contributed by atoms with van der Waals surface area (Å²) in [6.45, 7) is 5.15. The molecule has 1 aromatic heterocycles. The number of halogens is 1. The van der Waals surface area contributed by atoms with Crippen molar-refractivity contribution in [2.75, 3.05) is 0 Å². The van der Waals surface area contributed by atoms with Crippen LogP contribution >= 0.6 is 0 Å². The van der Waals surface area contributed by atoms with Crippen LogP contribution in [0.15, 0.2) is 24.3 Å². The minimum absolute atomic E-state index is 0.0998. The number of carbonyl (C=O) groups excluding carboxylic acids is 2. The van der Waals surface area contributed by atoms with Crippen molar-refractivity contribution in [2.45, 2.75) is 39.3 Å². The van der Waals surface area contributed by atoms with Gasteiger partial charge in [0.05, 0.1) is 0 Å². The summed E-state index contributed by atoms with van der Waals surface area (Å²) in [7, 11) is 1.68. The average molecular weight is 377 g/mol. The zero-order valence-electron chi connectivity index (χ0n) is 15.7. The molecule has 7 nitrogen and oxygen atoms in total. The van der Waals surface area contributed by atoms with Crippen LogP contribution in [0.4, 0.5) is 4.39 Å². The molecule has 3 N–H and O–H groups in total. The molecule has 8 heteroatoms. The van der Waals surface area contributed by atoms with Crippen molar-refractivity contribution in [1.82, 2.24) is 15.2 Å². The predicted molar refractivity (Wildman–Crippen MR) is 98.8 cm³/mol. The number of aromatic nitrogens is 1. The molecule has 0 radical (unpaired) electrons. The van der Waals surface area contributed by atoms with E-state index in [1.54, 1.807) is 23.7 Å². The maximum atomic E-state index is 13.4. The molecule has 2 rings (SSSR count). The van der Waals surface area contributed by atoms with Gasteiger partial charge in [-0.15, -0.1) is 0 Å². The molecule has 2 amide bonds. The molecular formula is C19H24FN3O4. The lowest BCUT2D eigenvalue weighted by Crippen LogP contribution is -2.51. The average Bonchev–Trinajstić information content (AvgIpc) is 2.89. The molecule has 0 aliphatic carbocycles. The second-order valence-corrected chi connectivity index (χ2v) is 7.02. The summed E-state index contributed by atoms with van der Waals surface area (Å²) in [4.78, 5) is 36.1. The van der Waals surface area contributed by atoms with Crippen LogP contribution < -0.4 is 10.6 Å². The van der Waals surface area contributed by atoms with E-state index in [2.05, 4.69) is 10.6 Å². The number of aryl methyl sites for hydroxylation is 1. The number of carboxylic acid groups (broad SMARTS) is 1.